The Hall–Kier alpha value is -0.0800. The van der Waals surface area contributed by atoms with E-state index in [9.17, 15) is 0 Å². The molecule has 3 aliphatic heterocycles. The molecule has 3 saturated heterocycles. The first-order valence-electron chi connectivity index (χ1n) is 5.74. The molecule has 76 valence electrons. The maximum absolute atomic E-state index is 5.92. The van der Waals surface area contributed by atoms with Crippen LogP contribution in [0.1, 0.15) is 32.6 Å². The molecule has 0 spiro atoms. The minimum atomic E-state index is 0.564. The lowest BCUT2D eigenvalue weighted by Crippen LogP contribution is -2.51. The summed E-state index contributed by atoms with van der Waals surface area (Å²) in [6, 6.07) is 0. The monoisotopic (exact) mass is 183 g/mol. The van der Waals surface area contributed by atoms with E-state index in [1.165, 1.54) is 45.3 Å². The molecule has 3 aliphatic rings. The summed E-state index contributed by atoms with van der Waals surface area (Å²) in [7, 11) is 0. The molecule has 0 aromatic heterocycles. The molecule has 2 heteroatoms. The summed E-state index contributed by atoms with van der Waals surface area (Å²) >= 11 is 0. The van der Waals surface area contributed by atoms with Gasteiger partial charge in [-0.1, -0.05) is 13.3 Å². The Balaban J connectivity index is 1.74. The number of rotatable bonds is 4. The van der Waals surface area contributed by atoms with E-state index in [0.29, 0.717) is 6.10 Å². The lowest BCUT2D eigenvalue weighted by Gasteiger charge is -2.44. The van der Waals surface area contributed by atoms with Crippen LogP contribution in [0.4, 0.5) is 0 Å². The second-order valence-corrected chi connectivity index (χ2v) is 4.40. The lowest BCUT2D eigenvalue weighted by atomic mass is 9.86. The van der Waals surface area contributed by atoms with E-state index in [0.717, 1.165) is 12.5 Å². The van der Waals surface area contributed by atoms with Crippen LogP contribution in [0, 0.1) is 5.92 Å². The Bertz CT molecular complexity index is 152. The Kier molecular flexibility index (Phi) is 3.23. The molecule has 1 unspecified atom stereocenters. The van der Waals surface area contributed by atoms with Crippen molar-refractivity contribution < 1.29 is 4.74 Å². The van der Waals surface area contributed by atoms with Gasteiger partial charge in [0.15, 0.2) is 0 Å². The van der Waals surface area contributed by atoms with Gasteiger partial charge < -0.3 is 9.64 Å². The van der Waals surface area contributed by atoms with Crippen molar-refractivity contribution in [3.63, 3.8) is 0 Å². The van der Waals surface area contributed by atoms with Crippen LogP contribution in [0.15, 0.2) is 0 Å². The van der Waals surface area contributed by atoms with Crippen LogP contribution in [0.25, 0.3) is 0 Å². The second kappa shape index (κ2) is 4.43. The third-order valence-electron chi connectivity index (χ3n) is 3.43. The van der Waals surface area contributed by atoms with E-state index in [1.54, 1.807) is 0 Å². The van der Waals surface area contributed by atoms with Gasteiger partial charge in [0, 0.05) is 13.2 Å². The van der Waals surface area contributed by atoms with E-state index < -0.39 is 0 Å². The van der Waals surface area contributed by atoms with E-state index in [-0.39, 0.29) is 0 Å². The van der Waals surface area contributed by atoms with Gasteiger partial charge in [0.05, 0.1) is 6.10 Å². The van der Waals surface area contributed by atoms with Crippen molar-refractivity contribution in [2.75, 3.05) is 26.2 Å². The summed E-state index contributed by atoms with van der Waals surface area (Å²) in [4.78, 5) is 2.55. The van der Waals surface area contributed by atoms with Crippen molar-refractivity contribution in [2.45, 2.75) is 38.7 Å². The largest absolute Gasteiger partial charge is 0.377 e. The number of unbranched alkanes of at least 4 members (excludes halogenated alkanes) is 1. The molecule has 0 amide bonds. The predicted octanol–water partition coefficient (Wildman–Crippen LogP) is 1.90. The molecule has 0 saturated carbocycles. The molecule has 13 heavy (non-hydrogen) atoms. The van der Waals surface area contributed by atoms with Crippen LogP contribution in [-0.2, 0) is 4.74 Å². The highest BCUT2D eigenvalue weighted by Crippen LogP contribution is 2.29. The van der Waals surface area contributed by atoms with Gasteiger partial charge in [-0.3, -0.25) is 0 Å². The Labute approximate surface area is 81.3 Å². The number of piperidine rings is 3. The zero-order valence-electron chi connectivity index (χ0n) is 8.67. The smallest absolute Gasteiger partial charge is 0.0731 e. The highest BCUT2D eigenvalue weighted by molar-refractivity contribution is 4.87. The second-order valence-electron chi connectivity index (χ2n) is 4.40. The normalized spacial score (nSPS) is 38.1. The highest BCUT2D eigenvalue weighted by atomic mass is 16.5. The van der Waals surface area contributed by atoms with Crippen LogP contribution in [-0.4, -0.2) is 37.2 Å². The van der Waals surface area contributed by atoms with Gasteiger partial charge in [0.1, 0.15) is 0 Å². The average molecular weight is 183 g/mol. The summed E-state index contributed by atoms with van der Waals surface area (Å²) in [5, 5.41) is 0. The number of fused-ring (bicyclic) bond motifs is 3. The number of hydrogen-bond acceptors (Lipinski definition) is 2. The Morgan fingerprint density at radius 1 is 1.31 bits per heavy atom. The maximum atomic E-state index is 5.92. The van der Waals surface area contributed by atoms with Crippen molar-refractivity contribution in [3.05, 3.63) is 0 Å². The number of ether oxygens (including phenoxy) is 1. The zero-order valence-corrected chi connectivity index (χ0v) is 8.67. The molecule has 0 aliphatic carbocycles. The van der Waals surface area contributed by atoms with Crippen molar-refractivity contribution in [2.24, 2.45) is 5.92 Å². The summed E-state index contributed by atoms with van der Waals surface area (Å²) in [5.41, 5.74) is 0. The Morgan fingerprint density at radius 2 is 2.08 bits per heavy atom. The fourth-order valence-electron chi connectivity index (χ4n) is 2.48. The van der Waals surface area contributed by atoms with Crippen molar-refractivity contribution in [1.29, 1.82) is 0 Å². The number of nitrogens with zero attached hydrogens (tertiary/aromatic N) is 1. The minimum absolute atomic E-state index is 0.564. The lowest BCUT2D eigenvalue weighted by molar-refractivity contribution is -0.0699. The molecule has 3 heterocycles. The fraction of sp³-hybridized carbons (Fsp3) is 1.00. The van der Waals surface area contributed by atoms with E-state index >= 15 is 0 Å². The predicted molar refractivity (Wildman–Crippen MR) is 53.8 cm³/mol. The average Bonchev–Trinajstić information content (AvgIpc) is 2.20. The molecule has 2 bridgehead atoms. The summed E-state index contributed by atoms with van der Waals surface area (Å²) in [6.45, 7) is 7.04. The first kappa shape index (κ1) is 9.47. The van der Waals surface area contributed by atoms with Crippen molar-refractivity contribution >= 4 is 0 Å². The van der Waals surface area contributed by atoms with Crippen LogP contribution >= 0.6 is 0 Å². The molecule has 2 nitrogen and oxygen atoms in total. The molecule has 1 atom stereocenters. The Morgan fingerprint density at radius 3 is 2.62 bits per heavy atom. The molecule has 3 rings (SSSR count). The van der Waals surface area contributed by atoms with E-state index in [1.807, 2.05) is 0 Å². The number of hydrogen-bond donors (Lipinski definition) is 0. The molecule has 0 radical (unpaired) electrons. The molecular weight excluding hydrogens is 162 g/mol. The molecule has 0 aromatic carbocycles. The van der Waals surface area contributed by atoms with Crippen LogP contribution in [0.2, 0.25) is 0 Å². The first-order valence-corrected chi connectivity index (χ1v) is 5.74. The van der Waals surface area contributed by atoms with Crippen LogP contribution in [0.5, 0.6) is 0 Å². The topological polar surface area (TPSA) is 12.5 Å². The van der Waals surface area contributed by atoms with Gasteiger partial charge in [0.25, 0.3) is 0 Å². The quantitative estimate of drug-likeness (QED) is 0.617. The molecular formula is C11H21NO. The third kappa shape index (κ3) is 2.23. The molecule has 0 aromatic rings. The minimum Gasteiger partial charge on any atom is -0.377 e. The van der Waals surface area contributed by atoms with E-state index in [2.05, 4.69) is 11.8 Å². The van der Waals surface area contributed by atoms with Gasteiger partial charge in [-0.15, -0.1) is 0 Å². The van der Waals surface area contributed by atoms with E-state index in [4.69, 9.17) is 4.74 Å². The molecule has 0 N–H and O–H groups in total. The summed E-state index contributed by atoms with van der Waals surface area (Å²) < 4.78 is 5.92. The summed E-state index contributed by atoms with van der Waals surface area (Å²) in [6.07, 6.45) is 5.78. The van der Waals surface area contributed by atoms with Crippen molar-refractivity contribution in [1.82, 2.24) is 4.90 Å². The third-order valence-corrected chi connectivity index (χ3v) is 3.43. The van der Waals surface area contributed by atoms with Crippen LogP contribution < -0.4 is 0 Å². The molecule has 3 fully saturated rings. The van der Waals surface area contributed by atoms with Gasteiger partial charge in [-0.2, -0.15) is 0 Å². The zero-order chi connectivity index (χ0) is 9.10. The SMILES string of the molecule is CCCCOC1CN2CCC1CC2. The summed E-state index contributed by atoms with van der Waals surface area (Å²) in [5.74, 6) is 0.877. The van der Waals surface area contributed by atoms with Gasteiger partial charge in [0.2, 0.25) is 0 Å². The van der Waals surface area contributed by atoms with Gasteiger partial charge in [-0.25, -0.2) is 0 Å². The maximum Gasteiger partial charge on any atom is 0.0731 e. The van der Waals surface area contributed by atoms with Crippen molar-refractivity contribution in [3.8, 4) is 0 Å². The highest BCUT2D eigenvalue weighted by Gasteiger charge is 2.34. The van der Waals surface area contributed by atoms with Crippen LogP contribution in [0.3, 0.4) is 0 Å². The van der Waals surface area contributed by atoms with Gasteiger partial charge in [-0.05, 0) is 38.3 Å². The standard InChI is InChI=1S/C11H21NO/c1-2-3-8-13-11-9-12-6-4-10(11)5-7-12/h10-11H,2-9H2,1H3. The first-order chi connectivity index (χ1) is 6.40. The fourth-order valence-corrected chi connectivity index (χ4v) is 2.48. The van der Waals surface area contributed by atoms with Gasteiger partial charge >= 0.3 is 0 Å².